The van der Waals surface area contributed by atoms with Crippen molar-refractivity contribution in [3.63, 3.8) is 0 Å². The van der Waals surface area contributed by atoms with Crippen LogP contribution in [0.15, 0.2) is 23.6 Å². The molecule has 0 aliphatic carbocycles. The molecule has 0 saturated heterocycles. The van der Waals surface area contributed by atoms with Crippen molar-refractivity contribution in [3.8, 4) is 0 Å². The topological polar surface area (TPSA) is 46.0 Å². The number of nitrogens with zero attached hydrogens (tertiary/aromatic N) is 2. The number of aliphatic hydroxyl groups is 1. The van der Waals surface area contributed by atoms with E-state index in [4.69, 9.17) is 5.11 Å². The standard InChI is InChI=1S/C8H12N2OS/c1-7(4-11)5-12-8-2-3-9-6-10-8/h2-3,6-7,11H,4-5H2,1H3. The Balaban J connectivity index is 2.33. The van der Waals surface area contributed by atoms with Gasteiger partial charge in [-0.2, -0.15) is 0 Å². The van der Waals surface area contributed by atoms with Crippen molar-refractivity contribution < 1.29 is 5.11 Å². The summed E-state index contributed by atoms with van der Waals surface area (Å²) in [7, 11) is 0. The van der Waals surface area contributed by atoms with Crippen LogP contribution in [0.3, 0.4) is 0 Å². The van der Waals surface area contributed by atoms with Crippen molar-refractivity contribution in [2.45, 2.75) is 11.9 Å². The van der Waals surface area contributed by atoms with Crippen molar-refractivity contribution in [2.75, 3.05) is 12.4 Å². The third kappa shape index (κ3) is 3.19. The molecule has 0 fully saturated rings. The molecule has 66 valence electrons. The first-order valence-electron chi connectivity index (χ1n) is 3.82. The molecule has 0 spiro atoms. The van der Waals surface area contributed by atoms with Gasteiger partial charge < -0.3 is 5.11 Å². The summed E-state index contributed by atoms with van der Waals surface area (Å²) in [6.45, 7) is 2.24. The summed E-state index contributed by atoms with van der Waals surface area (Å²) < 4.78 is 0. The first kappa shape index (κ1) is 9.48. The number of aliphatic hydroxyl groups excluding tert-OH is 1. The fourth-order valence-electron chi connectivity index (χ4n) is 0.644. The average Bonchev–Trinajstić information content (AvgIpc) is 2.16. The zero-order chi connectivity index (χ0) is 8.81. The normalized spacial score (nSPS) is 12.8. The average molecular weight is 184 g/mol. The molecule has 1 aromatic rings. The quantitative estimate of drug-likeness (QED) is 0.564. The van der Waals surface area contributed by atoms with Crippen LogP contribution < -0.4 is 0 Å². The molecule has 3 nitrogen and oxygen atoms in total. The number of hydrogen-bond acceptors (Lipinski definition) is 4. The number of thioether (sulfide) groups is 1. The van der Waals surface area contributed by atoms with Crippen molar-refractivity contribution in [2.24, 2.45) is 5.92 Å². The van der Waals surface area contributed by atoms with Crippen LogP contribution in [0.5, 0.6) is 0 Å². The van der Waals surface area contributed by atoms with Crippen LogP contribution in [-0.2, 0) is 0 Å². The van der Waals surface area contributed by atoms with Gasteiger partial charge in [-0.3, -0.25) is 0 Å². The number of hydrogen-bond donors (Lipinski definition) is 1. The van der Waals surface area contributed by atoms with E-state index in [1.807, 2.05) is 13.0 Å². The molecule has 0 amide bonds. The molecule has 0 aromatic carbocycles. The van der Waals surface area contributed by atoms with Crippen molar-refractivity contribution in [1.82, 2.24) is 9.97 Å². The molecular formula is C8H12N2OS. The van der Waals surface area contributed by atoms with Gasteiger partial charge in [0.1, 0.15) is 6.33 Å². The van der Waals surface area contributed by atoms with Gasteiger partial charge in [-0.25, -0.2) is 9.97 Å². The van der Waals surface area contributed by atoms with Crippen molar-refractivity contribution in [3.05, 3.63) is 18.6 Å². The molecule has 1 unspecified atom stereocenters. The summed E-state index contributed by atoms with van der Waals surface area (Å²) in [5.74, 6) is 1.22. The van der Waals surface area contributed by atoms with E-state index in [0.29, 0.717) is 5.92 Å². The molecule has 1 aromatic heterocycles. The van der Waals surface area contributed by atoms with Crippen molar-refractivity contribution >= 4 is 11.8 Å². The molecule has 1 heterocycles. The lowest BCUT2D eigenvalue weighted by atomic mass is 10.2. The zero-order valence-electron chi connectivity index (χ0n) is 6.97. The predicted molar refractivity (Wildman–Crippen MR) is 49.0 cm³/mol. The summed E-state index contributed by atoms with van der Waals surface area (Å²) in [5.41, 5.74) is 0. The van der Waals surface area contributed by atoms with E-state index < -0.39 is 0 Å². The summed E-state index contributed by atoms with van der Waals surface area (Å²) in [4.78, 5) is 7.87. The Morgan fingerprint density at radius 3 is 3.08 bits per heavy atom. The van der Waals surface area contributed by atoms with E-state index in [-0.39, 0.29) is 6.61 Å². The lowest BCUT2D eigenvalue weighted by molar-refractivity contribution is 0.250. The lowest BCUT2D eigenvalue weighted by Crippen LogP contribution is -2.03. The summed E-state index contributed by atoms with van der Waals surface area (Å²) >= 11 is 1.64. The zero-order valence-corrected chi connectivity index (χ0v) is 7.79. The maximum atomic E-state index is 8.77. The first-order valence-corrected chi connectivity index (χ1v) is 4.81. The molecule has 0 aliphatic rings. The van der Waals surface area contributed by atoms with Crippen LogP contribution in [0.4, 0.5) is 0 Å². The van der Waals surface area contributed by atoms with Crippen LogP contribution in [0.1, 0.15) is 6.92 Å². The van der Waals surface area contributed by atoms with Gasteiger partial charge in [-0.1, -0.05) is 6.92 Å². The fraction of sp³-hybridized carbons (Fsp3) is 0.500. The molecule has 0 aliphatic heterocycles. The Morgan fingerprint density at radius 2 is 2.50 bits per heavy atom. The summed E-state index contributed by atoms with van der Waals surface area (Å²) in [6, 6.07) is 1.87. The number of rotatable bonds is 4. The smallest absolute Gasteiger partial charge is 0.116 e. The molecule has 12 heavy (non-hydrogen) atoms. The third-order valence-electron chi connectivity index (χ3n) is 1.38. The van der Waals surface area contributed by atoms with Gasteiger partial charge >= 0.3 is 0 Å². The molecule has 0 radical (unpaired) electrons. The highest BCUT2D eigenvalue weighted by Gasteiger charge is 2.01. The molecule has 1 N–H and O–H groups in total. The minimum Gasteiger partial charge on any atom is -0.396 e. The van der Waals surface area contributed by atoms with Crippen LogP contribution in [0, 0.1) is 5.92 Å². The molecule has 1 rings (SSSR count). The molecular weight excluding hydrogens is 172 g/mol. The van der Waals surface area contributed by atoms with Crippen LogP contribution in [0.2, 0.25) is 0 Å². The maximum absolute atomic E-state index is 8.77. The molecule has 4 heteroatoms. The Bertz CT molecular complexity index is 218. The molecule has 0 bridgehead atoms. The van der Waals surface area contributed by atoms with Gasteiger partial charge in [0.2, 0.25) is 0 Å². The van der Waals surface area contributed by atoms with Gasteiger partial charge in [0.25, 0.3) is 0 Å². The molecule has 0 saturated carbocycles. The highest BCUT2D eigenvalue weighted by Crippen LogP contribution is 2.16. The van der Waals surface area contributed by atoms with E-state index in [9.17, 15) is 0 Å². The highest BCUT2D eigenvalue weighted by molar-refractivity contribution is 7.99. The van der Waals surface area contributed by atoms with Gasteiger partial charge in [0, 0.05) is 18.6 Å². The second-order valence-electron chi connectivity index (χ2n) is 2.65. The van der Waals surface area contributed by atoms with Gasteiger partial charge in [0.05, 0.1) is 5.03 Å². The lowest BCUT2D eigenvalue weighted by Gasteiger charge is -2.05. The monoisotopic (exact) mass is 184 g/mol. The largest absolute Gasteiger partial charge is 0.396 e. The van der Waals surface area contributed by atoms with E-state index in [2.05, 4.69) is 9.97 Å². The maximum Gasteiger partial charge on any atom is 0.116 e. The second kappa shape index (κ2) is 5.11. The Kier molecular flexibility index (Phi) is 4.04. The minimum atomic E-state index is 0.234. The van der Waals surface area contributed by atoms with Crippen LogP contribution in [-0.4, -0.2) is 27.4 Å². The summed E-state index contributed by atoms with van der Waals surface area (Å²) in [5, 5.41) is 9.73. The predicted octanol–water partition coefficient (Wildman–Crippen LogP) is 1.20. The fourth-order valence-corrected chi connectivity index (χ4v) is 1.48. The Hall–Kier alpha value is -0.610. The highest BCUT2D eigenvalue weighted by atomic mass is 32.2. The Morgan fingerprint density at radius 1 is 1.67 bits per heavy atom. The summed E-state index contributed by atoms with van der Waals surface area (Å²) in [6.07, 6.45) is 3.25. The van der Waals surface area contributed by atoms with E-state index in [0.717, 1.165) is 10.8 Å². The Labute approximate surface area is 76.2 Å². The van der Waals surface area contributed by atoms with Crippen LogP contribution >= 0.6 is 11.8 Å². The molecule has 1 atom stereocenters. The van der Waals surface area contributed by atoms with Crippen LogP contribution in [0.25, 0.3) is 0 Å². The SMILES string of the molecule is CC(CO)CSc1ccncn1. The van der Waals surface area contributed by atoms with E-state index in [1.165, 1.54) is 6.33 Å². The minimum absolute atomic E-state index is 0.234. The second-order valence-corrected chi connectivity index (χ2v) is 3.69. The van der Waals surface area contributed by atoms with E-state index in [1.54, 1.807) is 18.0 Å². The van der Waals surface area contributed by atoms with E-state index >= 15 is 0 Å². The van der Waals surface area contributed by atoms with Crippen molar-refractivity contribution in [1.29, 1.82) is 0 Å². The van der Waals surface area contributed by atoms with Gasteiger partial charge in [0.15, 0.2) is 0 Å². The first-order chi connectivity index (χ1) is 5.83. The third-order valence-corrected chi connectivity index (χ3v) is 2.66. The van der Waals surface area contributed by atoms with Gasteiger partial charge in [-0.15, -0.1) is 11.8 Å². The number of aromatic nitrogens is 2. The van der Waals surface area contributed by atoms with Gasteiger partial charge in [-0.05, 0) is 12.0 Å².